The molecule has 5 N–H and O–H groups in total. The smallest absolute Gasteiger partial charge is 0.0777 e. The van der Waals surface area contributed by atoms with Gasteiger partial charge in [-0.1, -0.05) is 0 Å². The Balaban J connectivity index is -0.0000000267. The van der Waals surface area contributed by atoms with Crippen molar-refractivity contribution in [2.24, 2.45) is 0 Å². The zero-order valence-corrected chi connectivity index (χ0v) is 7.73. The Morgan fingerprint density at radius 2 is 1.00 bits per heavy atom. The maximum absolute atomic E-state index is 8.60. The Labute approximate surface area is 66.2 Å². The molecule has 0 aliphatic carbocycles. The fraction of sp³-hybridized carbons (Fsp3) is 0. The van der Waals surface area contributed by atoms with E-state index in [1.807, 2.05) is 0 Å². The van der Waals surface area contributed by atoms with E-state index < -0.39 is 10.2 Å². The van der Waals surface area contributed by atoms with Crippen LogP contribution in [-0.4, -0.2) is 41.8 Å². The molecule has 0 aliphatic rings. The van der Waals surface area contributed by atoms with Gasteiger partial charge in [-0.05, 0) is 0 Å². The molecule has 0 spiro atoms. The van der Waals surface area contributed by atoms with Crippen LogP contribution in [0, 0.1) is 10.2 Å². The Morgan fingerprint density at radius 1 is 1.00 bits per heavy atom. The Kier molecular flexibility index (Phi) is 22.9. The van der Waals surface area contributed by atoms with Crippen LogP contribution in [0.15, 0.2) is 0 Å². The predicted octanol–water partition coefficient (Wildman–Crippen LogP) is -6.15. The van der Waals surface area contributed by atoms with Crippen LogP contribution >= 0.6 is 0 Å². The summed E-state index contributed by atoms with van der Waals surface area (Å²) in [7, 11) is -4.69. The molecule has 0 aromatic heterocycles. The standard InChI is InChI=1S/Bi.ClHO4.2H2O/c;2-1(3,4)5;;/h;(H,2,3,4,5);2*1H2. The first-order valence-corrected chi connectivity index (χ1v) is 1.90. The molecule has 0 aromatic carbocycles. The second-order valence-corrected chi connectivity index (χ2v) is 1.19. The van der Waals surface area contributed by atoms with E-state index in [2.05, 4.69) is 0 Å². The van der Waals surface area contributed by atoms with Gasteiger partial charge in [0.25, 0.3) is 0 Å². The normalized spacial score (nSPS) is 7.50. The first kappa shape index (κ1) is 23.1. The first-order chi connectivity index (χ1) is 2.00. The molecule has 0 aliphatic heterocycles. The molecule has 3 radical (unpaired) electrons. The van der Waals surface area contributed by atoms with Crippen molar-refractivity contribution in [2.45, 2.75) is 0 Å². The van der Waals surface area contributed by atoms with Gasteiger partial charge in [-0.3, -0.25) is 0 Å². The van der Waals surface area contributed by atoms with Gasteiger partial charge in [0.05, 0.1) is 14.9 Å². The van der Waals surface area contributed by atoms with E-state index in [-0.39, 0.29) is 37.2 Å². The van der Waals surface area contributed by atoms with Crippen LogP contribution in [0.25, 0.3) is 0 Å². The van der Waals surface area contributed by atoms with E-state index in [1.54, 1.807) is 0 Å². The predicted molar refractivity (Wildman–Crippen MR) is 15.2 cm³/mol. The van der Waals surface area contributed by atoms with E-state index in [9.17, 15) is 0 Å². The van der Waals surface area contributed by atoms with Gasteiger partial charge in [0.2, 0.25) is 0 Å². The summed E-state index contributed by atoms with van der Waals surface area (Å²) in [4.78, 5) is 0. The Morgan fingerprint density at radius 3 is 1.00 bits per heavy atom. The summed E-state index contributed by atoms with van der Waals surface area (Å²) in [6, 6.07) is 0. The molecule has 0 bridgehead atoms. The average Bonchev–Trinajstić information content (AvgIpc) is 0.722. The van der Waals surface area contributed by atoms with Crippen LogP contribution in [0.1, 0.15) is 0 Å². The topological polar surface area (TPSA) is 152 Å². The number of halogens is 1. The largest absolute Gasteiger partial charge is 0.412 e. The van der Waals surface area contributed by atoms with Gasteiger partial charge >= 0.3 is 0 Å². The van der Waals surface area contributed by atoms with Crippen molar-refractivity contribution in [1.82, 2.24) is 0 Å². The van der Waals surface area contributed by atoms with Gasteiger partial charge in [-0.2, -0.15) is 14.0 Å². The maximum atomic E-state index is 8.60. The maximum Gasteiger partial charge on any atom is 0.0777 e. The number of hydrogen-bond acceptors (Lipinski definition) is 4. The minimum Gasteiger partial charge on any atom is -0.412 e. The molecule has 0 saturated carbocycles. The van der Waals surface area contributed by atoms with E-state index in [0.717, 1.165) is 0 Å². The summed E-state index contributed by atoms with van der Waals surface area (Å²) >= 11 is 0. The third kappa shape index (κ3) is 280. The van der Waals surface area contributed by atoms with Crippen LogP contribution in [0.5, 0.6) is 0 Å². The van der Waals surface area contributed by atoms with E-state index >= 15 is 0 Å². The summed E-state index contributed by atoms with van der Waals surface area (Å²) in [5.74, 6) is 0. The summed E-state index contributed by atoms with van der Waals surface area (Å²) in [5, 5.41) is 0. The number of hydrogen-bond donors (Lipinski definition) is 1. The van der Waals surface area contributed by atoms with Gasteiger partial charge in [0.15, 0.2) is 0 Å². The van der Waals surface area contributed by atoms with Gasteiger partial charge < -0.3 is 11.0 Å². The average molecular weight is 345 g/mol. The Bertz CT molecular complexity index is 24.0. The fourth-order valence-electron chi connectivity index (χ4n) is 0. The third-order valence-corrected chi connectivity index (χ3v) is 0. The fourth-order valence-corrected chi connectivity index (χ4v) is 0. The van der Waals surface area contributed by atoms with Crippen molar-refractivity contribution >= 4 is 26.2 Å². The molecular weight excluding hydrogens is 340 g/mol. The zero-order valence-electron chi connectivity index (χ0n) is 3.50. The van der Waals surface area contributed by atoms with Crippen molar-refractivity contribution < 1.29 is 39.8 Å². The molecule has 0 fully saturated rings. The van der Waals surface area contributed by atoms with E-state index in [1.165, 1.54) is 0 Å². The molecule has 0 rings (SSSR count). The van der Waals surface area contributed by atoms with Gasteiger partial charge in [0, 0.05) is 26.2 Å². The quantitative estimate of drug-likeness (QED) is 0.434. The Hall–Kier alpha value is 0.933. The monoisotopic (exact) mass is 345 g/mol. The zero-order chi connectivity index (χ0) is 4.50. The molecule has 8 heteroatoms. The van der Waals surface area contributed by atoms with E-state index in [0.29, 0.717) is 0 Å². The van der Waals surface area contributed by atoms with Crippen molar-refractivity contribution in [1.29, 1.82) is 0 Å². The second kappa shape index (κ2) is 7.93. The van der Waals surface area contributed by atoms with Gasteiger partial charge in [-0.15, -0.1) is 0 Å². The van der Waals surface area contributed by atoms with Gasteiger partial charge in [0.1, 0.15) is 0 Å². The molecule has 8 heavy (non-hydrogen) atoms. The molecule has 0 amide bonds. The molecule has 0 aromatic rings. The molecule has 0 heterocycles. The summed E-state index contributed by atoms with van der Waals surface area (Å²) in [6.45, 7) is 0. The SMILES string of the molecule is O.O.[Bi].[O-][Cl+3]([O-])([O-])O. The van der Waals surface area contributed by atoms with Crippen LogP contribution in [0.2, 0.25) is 0 Å². The van der Waals surface area contributed by atoms with Crippen molar-refractivity contribution in [3.05, 3.63) is 0 Å². The minimum absolute atomic E-state index is 0. The van der Waals surface area contributed by atoms with Crippen LogP contribution < -0.4 is 14.0 Å². The molecule has 53 valence electrons. The first-order valence-electron chi connectivity index (χ1n) is 0.632. The van der Waals surface area contributed by atoms with Crippen molar-refractivity contribution in [2.75, 3.05) is 0 Å². The number of rotatable bonds is 0. The summed E-state index contributed by atoms with van der Waals surface area (Å²) < 4.78 is 32.7. The van der Waals surface area contributed by atoms with Crippen LogP contribution in [0.4, 0.5) is 0 Å². The molecule has 0 atom stereocenters. The molecular formula is H5BiClO6. The summed E-state index contributed by atoms with van der Waals surface area (Å²) in [5.41, 5.74) is 0. The third-order valence-electron chi connectivity index (χ3n) is 0. The summed E-state index contributed by atoms with van der Waals surface area (Å²) in [6.07, 6.45) is 0. The van der Waals surface area contributed by atoms with Crippen molar-refractivity contribution in [3.63, 3.8) is 0 Å². The minimum atomic E-state index is -4.69. The van der Waals surface area contributed by atoms with Crippen molar-refractivity contribution in [3.8, 4) is 0 Å². The molecule has 0 saturated heterocycles. The molecule has 0 unspecified atom stereocenters. The van der Waals surface area contributed by atoms with Crippen LogP contribution in [0.3, 0.4) is 0 Å². The van der Waals surface area contributed by atoms with Gasteiger partial charge in [-0.25, -0.2) is 0 Å². The second-order valence-electron chi connectivity index (χ2n) is 0.396. The molecule has 6 nitrogen and oxygen atoms in total. The van der Waals surface area contributed by atoms with E-state index in [4.69, 9.17) is 18.6 Å². The van der Waals surface area contributed by atoms with Crippen LogP contribution in [-0.2, 0) is 0 Å².